The van der Waals surface area contributed by atoms with Crippen LogP contribution in [0.15, 0.2) is 24.3 Å². The molecule has 0 spiro atoms. The first-order chi connectivity index (χ1) is 11.1. The first-order valence-corrected chi connectivity index (χ1v) is 7.23. The zero-order valence-electron chi connectivity index (χ0n) is 13.9. The third kappa shape index (κ3) is 3.70. The molecule has 0 unspecified atom stereocenters. The van der Waals surface area contributed by atoms with Crippen LogP contribution in [-0.2, 0) is 14.4 Å². The highest BCUT2D eigenvalue weighted by Crippen LogP contribution is 2.22. The zero-order valence-corrected chi connectivity index (χ0v) is 13.9. The minimum Gasteiger partial charge on any atom is -0.444 e. The van der Waals surface area contributed by atoms with Gasteiger partial charge in [-0.15, -0.1) is 0 Å². The Labute approximate surface area is 138 Å². The molecule has 0 radical (unpaired) electrons. The summed E-state index contributed by atoms with van der Waals surface area (Å²) in [7, 11) is 1.34. The molecule has 1 aliphatic heterocycles. The van der Waals surface area contributed by atoms with Crippen molar-refractivity contribution in [3.8, 4) is 0 Å². The average Bonchev–Trinajstić information content (AvgIpc) is 2.71. The van der Waals surface area contributed by atoms with E-state index in [4.69, 9.17) is 9.57 Å². The van der Waals surface area contributed by atoms with E-state index < -0.39 is 36.0 Å². The lowest BCUT2D eigenvalue weighted by molar-refractivity contribution is -0.169. The lowest BCUT2D eigenvalue weighted by Crippen LogP contribution is -2.40. The van der Waals surface area contributed by atoms with E-state index in [1.807, 2.05) is 0 Å². The molecule has 0 aliphatic carbocycles. The van der Waals surface area contributed by atoms with Crippen LogP contribution in [-0.4, -0.2) is 53.0 Å². The van der Waals surface area contributed by atoms with Gasteiger partial charge in [-0.3, -0.25) is 9.59 Å². The summed E-state index contributed by atoms with van der Waals surface area (Å²) in [6, 6.07) is 6.14. The molecule has 2 rings (SSSR count). The normalized spacial score (nSPS) is 13.6. The molecular formula is C16H18N2O6. The maximum atomic E-state index is 12.1. The van der Waals surface area contributed by atoms with Gasteiger partial charge in [-0.05, 0) is 32.9 Å². The number of imide groups is 1. The van der Waals surface area contributed by atoms with Crippen LogP contribution in [0.4, 0.5) is 4.79 Å². The fraction of sp³-hybridized carbons (Fsp3) is 0.375. The smallest absolute Gasteiger partial charge is 0.410 e. The van der Waals surface area contributed by atoms with E-state index in [2.05, 4.69) is 0 Å². The number of likely N-dealkylation sites (N-methyl/N-ethyl adjacent to an activating group) is 1. The maximum Gasteiger partial charge on any atom is 0.410 e. The monoisotopic (exact) mass is 334 g/mol. The van der Waals surface area contributed by atoms with Gasteiger partial charge in [0, 0.05) is 7.05 Å². The molecular weight excluding hydrogens is 316 g/mol. The fourth-order valence-corrected chi connectivity index (χ4v) is 1.98. The summed E-state index contributed by atoms with van der Waals surface area (Å²) in [6.45, 7) is 4.60. The van der Waals surface area contributed by atoms with E-state index in [-0.39, 0.29) is 11.1 Å². The molecule has 0 saturated carbocycles. The van der Waals surface area contributed by atoms with Gasteiger partial charge < -0.3 is 14.5 Å². The third-order valence-corrected chi connectivity index (χ3v) is 3.02. The number of hydrogen-bond donors (Lipinski definition) is 0. The van der Waals surface area contributed by atoms with Gasteiger partial charge in [0.15, 0.2) is 0 Å². The van der Waals surface area contributed by atoms with Gasteiger partial charge in [0.05, 0.1) is 11.1 Å². The van der Waals surface area contributed by atoms with Crippen molar-refractivity contribution in [1.29, 1.82) is 0 Å². The molecule has 3 amide bonds. The van der Waals surface area contributed by atoms with Crippen molar-refractivity contribution in [2.75, 3.05) is 13.6 Å². The summed E-state index contributed by atoms with van der Waals surface area (Å²) in [5.41, 5.74) is -0.385. The average molecular weight is 334 g/mol. The second-order valence-electron chi connectivity index (χ2n) is 6.25. The Balaban J connectivity index is 1.98. The summed E-state index contributed by atoms with van der Waals surface area (Å²) >= 11 is 0. The molecule has 1 aromatic rings. The van der Waals surface area contributed by atoms with Gasteiger partial charge in [0.1, 0.15) is 12.1 Å². The van der Waals surface area contributed by atoms with E-state index >= 15 is 0 Å². The van der Waals surface area contributed by atoms with Gasteiger partial charge in [0.2, 0.25) is 0 Å². The summed E-state index contributed by atoms with van der Waals surface area (Å²) in [5.74, 6) is -2.37. The number of hydrogen-bond acceptors (Lipinski definition) is 6. The van der Waals surface area contributed by atoms with Crippen LogP contribution in [0.3, 0.4) is 0 Å². The minimum atomic E-state index is -0.933. The first-order valence-electron chi connectivity index (χ1n) is 7.23. The Bertz CT molecular complexity index is 672. The summed E-state index contributed by atoms with van der Waals surface area (Å²) in [5, 5.41) is 0.399. The zero-order chi connectivity index (χ0) is 18.1. The van der Waals surface area contributed by atoms with Crippen molar-refractivity contribution in [2.45, 2.75) is 26.4 Å². The van der Waals surface area contributed by atoms with Crippen molar-refractivity contribution >= 4 is 23.9 Å². The highest BCUT2D eigenvalue weighted by atomic mass is 16.7. The highest BCUT2D eigenvalue weighted by Gasteiger charge is 2.38. The molecule has 1 aromatic carbocycles. The van der Waals surface area contributed by atoms with E-state index in [9.17, 15) is 19.2 Å². The SMILES string of the molecule is CN(CC(=O)ON1C(=O)c2ccccc2C1=O)C(=O)OC(C)(C)C. The summed E-state index contributed by atoms with van der Waals surface area (Å²) in [4.78, 5) is 53.6. The Morgan fingerprint density at radius 3 is 2.04 bits per heavy atom. The van der Waals surface area contributed by atoms with Crippen LogP contribution in [0.25, 0.3) is 0 Å². The Kier molecular flexibility index (Phi) is 4.59. The van der Waals surface area contributed by atoms with Gasteiger partial charge in [0.25, 0.3) is 11.8 Å². The number of benzene rings is 1. The molecule has 0 N–H and O–H groups in total. The van der Waals surface area contributed by atoms with Gasteiger partial charge in [-0.1, -0.05) is 17.2 Å². The van der Waals surface area contributed by atoms with Crippen LogP contribution in [0.5, 0.6) is 0 Å². The van der Waals surface area contributed by atoms with Crippen LogP contribution >= 0.6 is 0 Å². The van der Waals surface area contributed by atoms with Crippen molar-refractivity contribution < 1.29 is 28.8 Å². The predicted octanol–water partition coefficient (Wildman–Crippen LogP) is 1.61. The third-order valence-electron chi connectivity index (χ3n) is 3.02. The molecule has 1 aliphatic rings. The van der Waals surface area contributed by atoms with E-state index in [0.717, 1.165) is 4.90 Å². The molecule has 0 atom stereocenters. The Morgan fingerprint density at radius 1 is 1.08 bits per heavy atom. The largest absolute Gasteiger partial charge is 0.444 e. The second kappa shape index (κ2) is 6.31. The first kappa shape index (κ1) is 17.5. The van der Waals surface area contributed by atoms with Gasteiger partial charge in [-0.25, -0.2) is 9.59 Å². The minimum absolute atomic E-state index is 0.163. The van der Waals surface area contributed by atoms with Crippen LogP contribution in [0.1, 0.15) is 41.5 Å². The van der Waals surface area contributed by atoms with Crippen LogP contribution in [0, 0.1) is 0 Å². The molecule has 0 saturated heterocycles. The summed E-state index contributed by atoms with van der Waals surface area (Å²) in [6.07, 6.45) is -0.721. The molecule has 1 heterocycles. The predicted molar refractivity (Wildman–Crippen MR) is 81.9 cm³/mol. The van der Waals surface area contributed by atoms with Crippen molar-refractivity contribution in [1.82, 2.24) is 9.96 Å². The van der Waals surface area contributed by atoms with E-state index in [1.165, 1.54) is 19.2 Å². The fourth-order valence-electron chi connectivity index (χ4n) is 1.98. The van der Waals surface area contributed by atoms with Crippen molar-refractivity contribution in [2.24, 2.45) is 0 Å². The summed E-state index contributed by atoms with van der Waals surface area (Å²) < 4.78 is 5.10. The van der Waals surface area contributed by atoms with Gasteiger partial charge >= 0.3 is 12.1 Å². The standard InChI is InChI=1S/C16H18N2O6/c1-16(2,3)23-15(22)17(4)9-12(19)24-18-13(20)10-7-5-6-8-11(10)14(18)21/h5-8H,9H2,1-4H3. The number of fused-ring (bicyclic) bond motifs is 1. The number of rotatable bonds is 3. The molecule has 24 heavy (non-hydrogen) atoms. The Morgan fingerprint density at radius 2 is 1.58 bits per heavy atom. The number of carbonyl (C=O) groups excluding carboxylic acids is 4. The maximum absolute atomic E-state index is 12.1. The quantitative estimate of drug-likeness (QED) is 0.780. The number of nitrogens with zero attached hydrogens (tertiary/aromatic N) is 2. The molecule has 0 bridgehead atoms. The van der Waals surface area contributed by atoms with Crippen LogP contribution in [0.2, 0.25) is 0 Å². The molecule has 8 nitrogen and oxygen atoms in total. The number of carbonyl (C=O) groups is 4. The topological polar surface area (TPSA) is 93.2 Å². The molecule has 8 heteroatoms. The molecule has 128 valence electrons. The molecule has 0 aromatic heterocycles. The van der Waals surface area contributed by atoms with Crippen molar-refractivity contribution in [3.05, 3.63) is 35.4 Å². The van der Waals surface area contributed by atoms with Crippen LogP contribution < -0.4 is 0 Å². The van der Waals surface area contributed by atoms with Crippen molar-refractivity contribution in [3.63, 3.8) is 0 Å². The van der Waals surface area contributed by atoms with Gasteiger partial charge in [-0.2, -0.15) is 0 Å². The van der Waals surface area contributed by atoms with E-state index in [0.29, 0.717) is 5.06 Å². The lowest BCUT2D eigenvalue weighted by Gasteiger charge is -2.24. The Hall–Kier alpha value is -2.90. The van der Waals surface area contributed by atoms with E-state index in [1.54, 1.807) is 32.9 Å². The number of hydroxylamine groups is 2. The number of amides is 3. The highest BCUT2D eigenvalue weighted by molar-refractivity contribution is 6.20. The lowest BCUT2D eigenvalue weighted by atomic mass is 10.1. The second-order valence-corrected chi connectivity index (χ2v) is 6.25. The number of ether oxygens (including phenoxy) is 1. The molecule has 0 fully saturated rings.